The van der Waals surface area contributed by atoms with Gasteiger partial charge in [-0.1, -0.05) is 37.3 Å². The fraction of sp³-hybridized carbons (Fsp3) is 0.125. The maximum atomic E-state index is 5.98. The van der Waals surface area contributed by atoms with Crippen molar-refractivity contribution in [2.45, 2.75) is 11.8 Å². The van der Waals surface area contributed by atoms with Gasteiger partial charge < -0.3 is 5.73 Å². The van der Waals surface area contributed by atoms with E-state index in [1.165, 1.54) is 0 Å². The van der Waals surface area contributed by atoms with Crippen molar-refractivity contribution in [1.82, 2.24) is 9.55 Å². The maximum absolute atomic E-state index is 5.98. The van der Waals surface area contributed by atoms with Crippen molar-refractivity contribution in [2.75, 3.05) is 5.75 Å². The Balaban J connectivity index is 2.27. The van der Waals surface area contributed by atoms with Gasteiger partial charge in [-0.25, -0.2) is 4.98 Å². The van der Waals surface area contributed by atoms with Crippen LogP contribution in [0.4, 0.5) is 0 Å². The van der Waals surface area contributed by atoms with Gasteiger partial charge in [0.2, 0.25) is 0 Å². The summed E-state index contributed by atoms with van der Waals surface area (Å²) >= 11 is 7.02. The van der Waals surface area contributed by atoms with Gasteiger partial charge in [0.05, 0.1) is 16.7 Å². The van der Waals surface area contributed by atoms with Crippen LogP contribution in [0.1, 0.15) is 12.5 Å². The number of rotatable bonds is 4. The Bertz CT molecular complexity index is 808. The third-order valence-electron chi connectivity index (χ3n) is 3.26. The second-order valence-corrected chi connectivity index (χ2v) is 6.30. The Morgan fingerprint density at radius 1 is 1.24 bits per heavy atom. The lowest BCUT2D eigenvalue weighted by molar-refractivity contribution is 1.08. The molecule has 2 aromatic carbocycles. The molecule has 1 heterocycles. The summed E-state index contributed by atoms with van der Waals surface area (Å²) in [6.07, 6.45) is 1.82. The first-order valence-electron chi connectivity index (χ1n) is 6.70. The van der Waals surface area contributed by atoms with Crippen LogP contribution in [0.15, 0.2) is 53.7 Å². The summed E-state index contributed by atoms with van der Waals surface area (Å²) < 4.78 is 2.05. The summed E-state index contributed by atoms with van der Waals surface area (Å²) in [5.74, 6) is 0.976. The van der Waals surface area contributed by atoms with Crippen LogP contribution >= 0.6 is 24.0 Å². The van der Waals surface area contributed by atoms with Crippen LogP contribution in [-0.4, -0.2) is 20.3 Å². The molecule has 0 aliphatic carbocycles. The molecule has 0 saturated carbocycles. The lowest BCUT2D eigenvalue weighted by Crippen LogP contribution is -2.14. The van der Waals surface area contributed by atoms with Gasteiger partial charge in [-0.2, -0.15) is 0 Å². The van der Waals surface area contributed by atoms with Crippen molar-refractivity contribution in [3.8, 4) is 5.69 Å². The quantitative estimate of drug-likeness (QED) is 0.588. The van der Waals surface area contributed by atoms with E-state index in [2.05, 4.69) is 18.0 Å². The number of fused-ring (bicyclic) bond motifs is 1. The van der Waals surface area contributed by atoms with Crippen molar-refractivity contribution in [3.05, 3.63) is 54.4 Å². The molecule has 0 spiro atoms. The molecule has 0 radical (unpaired) electrons. The largest absolute Gasteiger partial charge is 0.389 e. The molecule has 1 aromatic heterocycles. The zero-order chi connectivity index (χ0) is 14.8. The number of hydrogen-bond acceptors (Lipinski definition) is 3. The smallest absolute Gasteiger partial charge is 0.107 e. The minimum atomic E-state index is 0.416. The summed E-state index contributed by atoms with van der Waals surface area (Å²) in [5, 5.41) is 0. The van der Waals surface area contributed by atoms with Crippen LogP contribution in [0.2, 0.25) is 0 Å². The zero-order valence-corrected chi connectivity index (χ0v) is 13.2. The Hall–Kier alpha value is -1.85. The minimum Gasteiger partial charge on any atom is -0.389 e. The molecule has 3 nitrogen and oxygen atoms in total. The van der Waals surface area contributed by atoms with Crippen LogP contribution in [0.5, 0.6) is 0 Å². The molecular weight excluding hydrogens is 298 g/mol. The highest BCUT2D eigenvalue weighted by atomic mass is 32.2. The molecule has 0 atom stereocenters. The Morgan fingerprint density at radius 3 is 2.81 bits per heavy atom. The summed E-state index contributed by atoms with van der Waals surface area (Å²) in [5.41, 5.74) is 9.89. The number of nitrogens with zero attached hydrogens (tertiary/aromatic N) is 2. The lowest BCUT2D eigenvalue weighted by atomic mass is 10.1. The Labute approximate surface area is 133 Å². The normalized spacial score (nSPS) is 10.9. The molecule has 106 valence electrons. The summed E-state index contributed by atoms with van der Waals surface area (Å²) in [4.78, 5) is 5.97. The summed E-state index contributed by atoms with van der Waals surface area (Å²) in [7, 11) is 0. The molecule has 2 N–H and O–H groups in total. The molecule has 5 heteroatoms. The molecule has 0 fully saturated rings. The average Bonchev–Trinajstić information content (AvgIpc) is 2.91. The van der Waals surface area contributed by atoms with Gasteiger partial charge in [-0.3, -0.25) is 4.57 Å². The summed E-state index contributed by atoms with van der Waals surface area (Å²) in [6, 6.07) is 14.2. The van der Waals surface area contributed by atoms with Crippen LogP contribution in [0.25, 0.3) is 16.7 Å². The number of thiocarbonyl (C=S) groups is 1. The van der Waals surface area contributed by atoms with Crippen LogP contribution < -0.4 is 5.73 Å². The third-order valence-corrected chi connectivity index (χ3v) is 4.41. The van der Waals surface area contributed by atoms with E-state index in [0.717, 1.165) is 32.9 Å². The predicted molar refractivity (Wildman–Crippen MR) is 93.4 cm³/mol. The maximum Gasteiger partial charge on any atom is 0.107 e. The van der Waals surface area contributed by atoms with E-state index in [1.807, 2.05) is 47.3 Å². The molecule has 21 heavy (non-hydrogen) atoms. The standard InChI is InChI=1S/C16H15N3S2/c1-2-21-14-9-5-8-13(15(14)16(17)20)19-10-18-11-6-3-4-7-12(11)19/h3-10H,2H2,1H3,(H2,17,20). The number of nitrogens with two attached hydrogens (primary N) is 1. The van der Waals surface area contributed by atoms with Gasteiger partial charge in [0, 0.05) is 10.5 Å². The van der Waals surface area contributed by atoms with Gasteiger partial charge in [0.25, 0.3) is 0 Å². The van der Waals surface area contributed by atoms with E-state index in [4.69, 9.17) is 18.0 Å². The first kappa shape index (κ1) is 14.1. The van der Waals surface area contributed by atoms with Gasteiger partial charge >= 0.3 is 0 Å². The number of para-hydroxylation sites is 2. The van der Waals surface area contributed by atoms with E-state index in [1.54, 1.807) is 11.8 Å². The molecule has 0 saturated heterocycles. The Kier molecular flexibility index (Phi) is 3.94. The fourth-order valence-electron chi connectivity index (χ4n) is 2.39. The van der Waals surface area contributed by atoms with Crippen molar-refractivity contribution < 1.29 is 0 Å². The van der Waals surface area contributed by atoms with Gasteiger partial charge in [-0.05, 0) is 30.0 Å². The van der Waals surface area contributed by atoms with E-state index in [0.29, 0.717) is 4.99 Å². The van der Waals surface area contributed by atoms with Crippen molar-refractivity contribution in [2.24, 2.45) is 5.73 Å². The number of aromatic nitrogens is 2. The highest BCUT2D eigenvalue weighted by Gasteiger charge is 2.14. The first-order chi connectivity index (χ1) is 10.2. The molecule has 3 aromatic rings. The molecule has 0 amide bonds. The highest BCUT2D eigenvalue weighted by molar-refractivity contribution is 7.99. The third kappa shape index (κ3) is 2.54. The zero-order valence-electron chi connectivity index (χ0n) is 11.6. The molecule has 0 unspecified atom stereocenters. The summed E-state index contributed by atoms with van der Waals surface area (Å²) in [6.45, 7) is 2.12. The van der Waals surface area contributed by atoms with Gasteiger partial charge in [-0.15, -0.1) is 11.8 Å². The SMILES string of the molecule is CCSc1cccc(-n2cnc3ccccc32)c1C(N)=S. The Morgan fingerprint density at radius 2 is 2.05 bits per heavy atom. The van der Waals surface area contributed by atoms with Crippen LogP contribution in [0.3, 0.4) is 0 Å². The molecule has 3 rings (SSSR count). The van der Waals surface area contributed by atoms with Crippen molar-refractivity contribution >= 4 is 40.0 Å². The van der Waals surface area contributed by atoms with Crippen molar-refractivity contribution in [3.63, 3.8) is 0 Å². The number of imidazole rings is 1. The van der Waals surface area contributed by atoms with Crippen molar-refractivity contribution in [1.29, 1.82) is 0 Å². The molecule has 0 aliphatic rings. The van der Waals surface area contributed by atoms with Gasteiger partial charge in [0.15, 0.2) is 0 Å². The van der Waals surface area contributed by atoms with E-state index >= 15 is 0 Å². The molecule has 0 bridgehead atoms. The van der Waals surface area contributed by atoms with Crippen LogP contribution in [0, 0.1) is 0 Å². The predicted octanol–water partition coefficient (Wildman–Crippen LogP) is 3.77. The number of benzene rings is 2. The van der Waals surface area contributed by atoms with Gasteiger partial charge in [0.1, 0.15) is 11.3 Å². The fourth-order valence-corrected chi connectivity index (χ4v) is 3.52. The highest BCUT2D eigenvalue weighted by Crippen LogP contribution is 2.29. The average molecular weight is 313 g/mol. The van der Waals surface area contributed by atoms with Crippen LogP contribution in [-0.2, 0) is 0 Å². The second kappa shape index (κ2) is 5.87. The molecule has 0 aliphatic heterocycles. The first-order valence-corrected chi connectivity index (χ1v) is 8.10. The second-order valence-electron chi connectivity index (χ2n) is 4.55. The minimum absolute atomic E-state index is 0.416. The van der Waals surface area contributed by atoms with E-state index < -0.39 is 0 Å². The topological polar surface area (TPSA) is 43.8 Å². The number of hydrogen-bond donors (Lipinski definition) is 1. The molecular formula is C16H15N3S2. The number of thioether (sulfide) groups is 1. The van der Waals surface area contributed by atoms with E-state index in [9.17, 15) is 0 Å². The monoisotopic (exact) mass is 313 g/mol. The van der Waals surface area contributed by atoms with E-state index in [-0.39, 0.29) is 0 Å². The lowest BCUT2D eigenvalue weighted by Gasteiger charge is -2.14.